The predicted molar refractivity (Wildman–Crippen MR) is 90.8 cm³/mol. The zero-order valence-electron chi connectivity index (χ0n) is 13.9. The number of aromatic nitrogens is 1. The number of amides is 1. The summed E-state index contributed by atoms with van der Waals surface area (Å²) in [6, 6.07) is 5.10. The molecule has 4 N–H and O–H groups in total. The van der Waals surface area contributed by atoms with Gasteiger partial charge in [-0.15, -0.1) is 0 Å². The first-order chi connectivity index (χ1) is 11.5. The zero-order valence-corrected chi connectivity index (χ0v) is 13.9. The maximum Gasteiger partial charge on any atom is 0.305 e. The van der Waals surface area contributed by atoms with Crippen molar-refractivity contribution in [1.29, 1.82) is 0 Å². The molecule has 0 radical (unpaired) electrons. The van der Waals surface area contributed by atoms with Gasteiger partial charge in [0.15, 0.2) is 0 Å². The summed E-state index contributed by atoms with van der Waals surface area (Å²) in [4.78, 5) is 26.2. The van der Waals surface area contributed by atoms with E-state index < -0.39 is 6.04 Å². The average Bonchev–Trinajstić information content (AvgIpc) is 3.01. The van der Waals surface area contributed by atoms with Gasteiger partial charge in [0.1, 0.15) is 5.75 Å². The lowest BCUT2D eigenvalue weighted by Crippen LogP contribution is -2.41. The second kappa shape index (κ2) is 8.35. The molecule has 0 spiro atoms. The van der Waals surface area contributed by atoms with Crippen LogP contribution in [0.1, 0.15) is 18.4 Å². The molecule has 0 aliphatic rings. The first-order valence-corrected chi connectivity index (χ1v) is 7.79. The van der Waals surface area contributed by atoms with Crippen LogP contribution in [-0.4, -0.2) is 43.7 Å². The lowest BCUT2D eigenvalue weighted by molar-refractivity contribution is -0.140. The van der Waals surface area contributed by atoms with E-state index in [4.69, 9.17) is 10.5 Å². The summed E-state index contributed by atoms with van der Waals surface area (Å²) >= 11 is 0. The number of nitrogens with two attached hydrogens (primary N) is 1. The third-order valence-electron chi connectivity index (χ3n) is 3.89. The number of hydrogen-bond acceptors (Lipinski definition) is 5. The van der Waals surface area contributed by atoms with Crippen molar-refractivity contribution in [2.75, 3.05) is 20.8 Å². The number of esters is 1. The van der Waals surface area contributed by atoms with Gasteiger partial charge in [-0.3, -0.25) is 9.59 Å². The van der Waals surface area contributed by atoms with Crippen molar-refractivity contribution in [2.24, 2.45) is 5.73 Å². The van der Waals surface area contributed by atoms with Crippen LogP contribution in [0.4, 0.5) is 0 Å². The molecular formula is C17H23N3O4. The van der Waals surface area contributed by atoms with Gasteiger partial charge in [-0.25, -0.2) is 0 Å². The van der Waals surface area contributed by atoms with Gasteiger partial charge in [-0.2, -0.15) is 0 Å². The van der Waals surface area contributed by atoms with Gasteiger partial charge in [-0.05, 0) is 36.6 Å². The van der Waals surface area contributed by atoms with Crippen LogP contribution in [0.15, 0.2) is 24.4 Å². The number of carbonyl (C=O) groups excluding carboxylic acids is 2. The molecule has 24 heavy (non-hydrogen) atoms. The molecule has 2 rings (SSSR count). The Morgan fingerprint density at radius 1 is 1.33 bits per heavy atom. The molecular weight excluding hydrogens is 310 g/mol. The highest BCUT2D eigenvalue weighted by Crippen LogP contribution is 2.23. The Kier molecular flexibility index (Phi) is 6.20. The van der Waals surface area contributed by atoms with Crippen molar-refractivity contribution in [3.63, 3.8) is 0 Å². The molecule has 0 aliphatic carbocycles. The summed E-state index contributed by atoms with van der Waals surface area (Å²) < 4.78 is 9.77. The smallest absolute Gasteiger partial charge is 0.305 e. The van der Waals surface area contributed by atoms with E-state index in [1.807, 2.05) is 24.4 Å². The van der Waals surface area contributed by atoms with E-state index in [0.29, 0.717) is 13.0 Å². The Balaban J connectivity index is 1.85. The van der Waals surface area contributed by atoms with Gasteiger partial charge in [0.2, 0.25) is 5.91 Å². The molecule has 130 valence electrons. The first kappa shape index (κ1) is 17.8. The number of aromatic amines is 1. The molecule has 0 bridgehead atoms. The van der Waals surface area contributed by atoms with E-state index in [1.165, 1.54) is 7.11 Å². The van der Waals surface area contributed by atoms with Crippen molar-refractivity contribution < 1.29 is 19.1 Å². The third-order valence-corrected chi connectivity index (χ3v) is 3.89. The molecule has 7 nitrogen and oxygen atoms in total. The second-order valence-electron chi connectivity index (χ2n) is 5.49. The minimum atomic E-state index is -0.716. The number of nitrogens with one attached hydrogen (secondary N) is 2. The van der Waals surface area contributed by atoms with Gasteiger partial charge in [0.05, 0.1) is 20.3 Å². The molecule has 0 saturated carbocycles. The van der Waals surface area contributed by atoms with Crippen LogP contribution >= 0.6 is 0 Å². The molecule has 2 aromatic rings. The predicted octanol–water partition coefficient (Wildman–Crippen LogP) is 1.12. The molecule has 1 atom stereocenters. The van der Waals surface area contributed by atoms with E-state index in [-0.39, 0.29) is 24.7 Å². The zero-order chi connectivity index (χ0) is 17.5. The van der Waals surface area contributed by atoms with Gasteiger partial charge in [0.25, 0.3) is 0 Å². The van der Waals surface area contributed by atoms with Crippen LogP contribution in [0.5, 0.6) is 5.75 Å². The fourth-order valence-electron chi connectivity index (χ4n) is 2.45. The lowest BCUT2D eigenvalue weighted by atomic mass is 10.1. The number of H-pyrrole nitrogens is 1. The standard InChI is InChI=1S/C17H23N3O4/c1-23-12-3-5-15-13(9-12)11(10-20-15)7-8-19-17(22)14(18)4-6-16(21)24-2/h3,5,9-10,14,20H,4,6-8,18H2,1-2H3,(H,19,22)/t14-/m0/s1. The monoisotopic (exact) mass is 333 g/mol. The molecule has 0 fully saturated rings. The number of fused-ring (bicyclic) bond motifs is 1. The summed E-state index contributed by atoms with van der Waals surface area (Å²) in [6.45, 7) is 0.467. The van der Waals surface area contributed by atoms with E-state index in [2.05, 4.69) is 15.0 Å². The summed E-state index contributed by atoms with van der Waals surface area (Å²) in [7, 11) is 2.94. The van der Waals surface area contributed by atoms with Crippen LogP contribution in [0, 0.1) is 0 Å². The number of ether oxygens (including phenoxy) is 2. The summed E-state index contributed by atoms with van der Waals surface area (Å²) in [5.74, 6) is 0.152. The highest BCUT2D eigenvalue weighted by Gasteiger charge is 2.15. The molecule has 1 heterocycles. The van der Waals surface area contributed by atoms with E-state index in [9.17, 15) is 9.59 Å². The Morgan fingerprint density at radius 2 is 2.12 bits per heavy atom. The molecule has 0 saturated heterocycles. The summed E-state index contributed by atoms with van der Waals surface area (Å²) in [5.41, 5.74) is 7.88. The summed E-state index contributed by atoms with van der Waals surface area (Å²) in [5, 5.41) is 3.86. The van der Waals surface area contributed by atoms with Gasteiger partial charge in [0, 0.05) is 30.1 Å². The fraction of sp³-hybridized carbons (Fsp3) is 0.412. The largest absolute Gasteiger partial charge is 0.497 e. The highest BCUT2D eigenvalue weighted by atomic mass is 16.5. The van der Waals surface area contributed by atoms with Gasteiger partial charge < -0.3 is 25.5 Å². The maximum absolute atomic E-state index is 11.9. The number of benzene rings is 1. The Hall–Kier alpha value is -2.54. The second-order valence-corrected chi connectivity index (χ2v) is 5.49. The minimum absolute atomic E-state index is 0.132. The third kappa shape index (κ3) is 4.48. The van der Waals surface area contributed by atoms with Gasteiger partial charge >= 0.3 is 5.97 Å². The quantitative estimate of drug-likeness (QED) is 0.628. The van der Waals surface area contributed by atoms with Crippen LogP contribution in [0.3, 0.4) is 0 Å². The Bertz CT molecular complexity index is 711. The van der Waals surface area contributed by atoms with Crippen molar-refractivity contribution in [2.45, 2.75) is 25.3 Å². The van der Waals surface area contributed by atoms with Crippen molar-refractivity contribution in [1.82, 2.24) is 10.3 Å². The SMILES string of the molecule is COC(=O)CC[C@H](N)C(=O)NCCc1c[nH]c2ccc(OC)cc12. The van der Waals surface area contributed by atoms with Crippen molar-refractivity contribution >= 4 is 22.8 Å². The Labute approximate surface area is 140 Å². The Morgan fingerprint density at radius 3 is 2.83 bits per heavy atom. The first-order valence-electron chi connectivity index (χ1n) is 7.79. The maximum atomic E-state index is 11.9. The normalized spacial score (nSPS) is 12.0. The van der Waals surface area contributed by atoms with Crippen LogP contribution in [0.25, 0.3) is 10.9 Å². The molecule has 0 aliphatic heterocycles. The minimum Gasteiger partial charge on any atom is -0.497 e. The van der Waals surface area contributed by atoms with E-state index in [1.54, 1.807) is 7.11 Å². The summed E-state index contributed by atoms with van der Waals surface area (Å²) in [6.07, 6.45) is 2.99. The molecule has 1 aromatic heterocycles. The number of carbonyl (C=O) groups is 2. The van der Waals surface area contributed by atoms with Crippen LogP contribution in [0.2, 0.25) is 0 Å². The average molecular weight is 333 g/mol. The number of hydrogen-bond donors (Lipinski definition) is 3. The topological polar surface area (TPSA) is 106 Å². The van der Waals surface area contributed by atoms with Crippen molar-refractivity contribution in [3.8, 4) is 5.75 Å². The van der Waals surface area contributed by atoms with Crippen LogP contribution < -0.4 is 15.8 Å². The van der Waals surface area contributed by atoms with Crippen LogP contribution in [-0.2, 0) is 20.7 Å². The fourth-order valence-corrected chi connectivity index (χ4v) is 2.45. The highest BCUT2D eigenvalue weighted by molar-refractivity contribution is 5.85. The molecule has 7 heteroatoms. The van der Waals surface area contributed by atoms with E-state index in [0.717, 1.165) is 22.2 Å². The van der Waals surface area contributed by atoms with Gasteiger partial charge in [-0.1, -0.05) is 0 Å². The lowest BCUT2D eigenvalue weighted by Gasteiger charge is -2.11. The van der Waals surface area contributed by atoms with Crippen molar-refractivity contribution in [3.05, 3.63) is 30.0 Å². The van der Waals surface area contributed by atoms with E-state index >= 15 is 0 Å². The molecule has 0 unspecified atom stereocenters. The number of rotatable bonds is 8. The molecule has 1 amide bonds. The molecule has 1 aromatic carbocycles. The number of methoxy groups -OCH3 is 2.